The summed E-state index contributed by atoms with van der Waals surface area (Å²) < 4.78 is 6.47. The number of carbonyl (C=O) groups is 1. The summed E-state index contributed by atoms with van der Waals surface area (Å²) in [7, 11) is 0. The molecule has 2 heterocycles. The maximum Gasteiger partial charge on any atom is 0.511 e. The molecule has 108 valence electrons. The lowest BCUT2D eigenvalue weighted by Gasteiger charge is -2.09. The van der Waals surface area contributed by atoms with E-state index in [0.717, 1.165) is 25.8 Å². The molecule has 0 aliphatic carbocycles. The highest BCUT2D eigenvalue weighted by Gasteiger charge is 2.17. The van der Waals surface area contributed by atoms with Gasteiger partial charge in [-0.25, -0.2) is 14.5 Å². The molecule has 7 nitrogen and oxygen atoms in total. The van der Waals surface area contributed by atoms with Gasteiger partial charge in [0.2, 0.25) is 0 Å². The minimum atomic E-state index is -1.41. The Kier molecular flexibility index (Phi) is 4.07. The second-order valence-corrected chi connectivity index (χ2v) is 4.62. The molecule has 0 amide bonds. The van der Waals surface area contributed by atoms with Gasteiger partial charge in [-0.15, -0.1) is 0 Å². The number of unbranched alkanes of at least 4 members (excludes halogenated alkanes) is 2. The van der Waals surface area contributed by atoms with Gasteiger partial charge in [0, 0.05) is 6.54 Å². The summed E-state index contributed by atoms with van der Waals surface area (Å²) in [4.78, 5) is 15.0. The Morgan fingerprint density at radius 3 is 2.90 bits per heavy atom. The normalized spacial score (nSPS) is 10.9. The van der Waals surface area contributed by atoms with E-state index in [1.165, 1.54) is 0 Å². The summed E-state index contributed by atoms with van der Waals surface area (Å²) in [6.45, 7) is 4.57. The van der Waals surface area contributed by atoms with Crippen LogP contribution in [0, 0.1) is 6.92 Å². The van der Waals surface area contributed by atoms with Gasteiger partial charge in [-0.3, -0.25) is 0 Å². The molecule has 0 radical (unpaired) electrons. The van der Waals surface area contributed by atoms with Gasteiger partial charge in [-0.05, 0) is 13.3 Å². The molecule has 20 heavy (non-hydrogen) atoms. The van der Waals surface area contributed by atoms with Crippen molar-refractivity contribution in [3.63, 3.8) is 0 Å². The first-order chi connectivity index (χ1) is 9.54. The SMILES string of the molecule is CCCCCn1ncc2c(N)c(OC(=O)O)c(C)nc21. The number of fused-ring (bicyclic) bond motifs is 1. The summed E-state index contributed by atoms with van der Waals surface area (Å²) in [5, 5.41) is 13.6. The Morgan fingerprint density at radius 1 is 1.50 bits per heavy atom. The smallest absolute Gasteiger partial charge is 0.449 e. The summed E-state index contributed by atoms with van der Waals surface area (Å²) in [5.41, 5.74) is 7.32. The van der Waals surface area contributed by atoms with Crippen molar-refractivity contribution in [3.8, 4) is 5.75 Å². The average molecular weight is 278 g/mol. The highest BCUT2D eigenvalue weighted by Crippen LogP contribution is 2.32. The number of aromatic nitrogens is 3. The third-order valence-corrected chi connectivity index (χ3v) is 3.11. The number of aryl methyl sites for hydroxylation is 2. The number of rotatable bonds is 5. The fourth-order valence-corrected chi connectivity index (χ4v) is 2.11. The van der Waals surface area contributed by atoms with Crippen molar-refractivity contribution in [2.24, 2.45) is 0 Å². The van der Waals surface area contributed by atoms with E-state index >= 15 is 0 Å². The molecule has 2 rings (SSSR count). The number of ether oxygens (including phenoxy) is 1. The van der Waals surface area contributed by atoms with Crippen molar-refractivity contribution in [3.05, 3.63) is 11.9 Å². The van der Waals surface area contributed by atoms with Gasteiger partial charge in [0.1, 0.15) is 0 Å². The molecule has 7 heteroatoms. The molecule has 0 saturated carbocycles. The molecule has 0 spiro atoms. The van der Waals surface area contributed by atoms with Crippen molar-refractivity contribution in [1.29, 1.82) is 0 Å². The Balaban J connectivity index is 2.40. The molecule has 0 aliphatic rings. The fourth-order valence-electron chi connectivity index (χ4n) is 2.11. The number of hydrogen-bond acceptors (Lipinski definition) is 5. The van der Waals surface area contributed by atoms with Crippen LogP contribution in [0.3, 0.4) is 0 Å². The number of nitrogen functional groups attached to an aromatic ring is 1. The maximum atomic E-state index is 10.7. The summed E-state index contributed by atoms with van der Waals surface area (Å²) in [6, 6.07) is 0. The van der Waals surface area contributed by atoms with Gasteiger partial charge >= 0.3 is 6.16 Å². The average Bonchev–Trinajstić information content (AvgIpc) is 2.78. The molecular formula is C13H18N4O3. The fraction of sp³-hybridized carbons (Fsp3) is 0.462. The molecule has 3 N–H and O–H groups in total. The van der Waals surface area contributed by atoms with Gasteiger partial charge < -0.3 is 15.6 Å². The van der Waals surface area contributed by atoms with Crippen LogP contribution in [-0.4, -0.2) is 26.0 Å². The minimum Gasteiger partial charge on any atom is -0.449 e. The van der Waals surface area contributed by atoms with Gasteiger partial charge in [0.15, 0.2) is 11.4 Å². The van der Waals surface area contributed by atoms with Crippen LogP contribution in [-0.2, 0) is 6.54 Å². The number of carboxylic acid groups (broad SMARTS) is 1. The number of nitrogens with two attached hydrogens (primary N) is 1. The second-order valence-electron chi connectivity index (χ2n) is 4.62. The van der Waals surface area contributed by atoms with Gasteiger partial charge in [0.05, 0.1) is 23.0 Å². The maximum absolute atomic E-state index is 10.7. The quantitative estimate of drug-likeness (QED) is 0.643. The molecule has 0 fully saturated rings. The summed E-state index contributed by atoms with van der Waals surface area (Å²) in [6.07, 6.45) is 3.45. The molecule has 0 aliphatic heterocycles. The Labute approximate surface area is 116 Å². The molecule has 2 aromatic rings. The van der Waals surface area contributed by atoms with E-state index in [0.29, 0.717) is 16.7 Å². The first-order valence-electron chi connectivity index (χ1n) is 6.57. The molecule has 0 bridgehead atoms. The number of hydrogen-bond donors (Lipinski definition) is 2. The van der Waals surface area contributed by atoms with Crippen molar-refractivity contribution >= 4 is 22.9 Å². The predicted octanol–water partition coefficient (Wildman–Crippen LogP) is 2.57. The summed E-state index contributed by atoms with van der Waals surface area (Å²) in [5.74, 6) is 0.0816. The third kappa shape index (κ3) is 2.66. The first-order valence-corrected chi connectivity index (χ1v) is 6.57. The Morgan fingerprint density at radius 2 is 2.25 bits per heavy atom. The van der Waals surface area contributed by atoms with Crippen molar-refractivity contribution in [2.75, 3.05) is 5.73 Å². The third-order valence-electron chi connectivity index (χ3n) is 3.11. The van der Waals surface area contributed by atoms with E-state index < -0.39 is 6.16 Å². The molecule has 2 aromatic heterocycles. The van der Waals surface area contributed by atoms with Crippen LogP contribution >= 0.6 is 0 Å². The van der Waals surface area contributed by atoms with E-state index in [1.54, 1.807) is 17.8 Å². The van der Waals surface area contributed by atoms with Crippen molar-refractivity contribution in [2.45, 2.75) is 39.7 Å². The zero-order chi connectivity index (χ0) is 14.7. The van der Waals surface area contributed by atoms with Crippen molar-refractivity contribution < 1.29 is 14.6 Å². The molecule has 0 atom stereocenters. The van der Waals surface area contributed by atoms with Crippen LogP contribution in [0.2, 0.25) is 0 Å². The van der Waals surface area contributed by atoms with Crippen LogP contribution in [0.1, 0.15) is 31.9 Å². The predicted molar refractivity (Wildman–Crippen MR) is 74.9 cm³/mol. The largest absolute Gasteiger partial charge is 0.511 e. The van der Waals surface area contributed by atoms with E-state index in [1.807, 2.05) is 0 Å². The van der Waals surface area contributed by atoms with Gasteiger partial charge in [-0.1, -0.05) is 19.8 Å². The van der Waals surface area contributed by atoms with E-state index in [9.17, 15) is 4.79 Å². The number of nitrogens with zero attached hydrogens (tertiary/aromatic N) is 3. The van der Waals surface area contributed by atoms with Crippen LogP contribution < -0.4 is 10.5 Å². The zero-order valence-corrected chi connectivity index (χ0v) is 11.6. The highest BCUT2D eigenvalue weighted by molar-refractivity contribution is 5.92. The molecule has 0 unspecified atom stereocenters. The van der Waals surface area contributed by atoms with Crippen LogP contribution in [0.25, 0.3) is 11.0 Å². The van der Waals surface area contributed by atoms with E-state index in [4.69, 9.17) is 10.8 Å². The second kappa shape index (κ2) is 5.77. The lowest BCUT2D eigenvalue weighted by Crippen LogP contribution is -2.09. The lowest BCUT2D eigenvalue weighted by molar-refractivity contribution is 0.144. The van der Waals surface area contributed by atoms with E-state index in [2.05, 4.69) is 21.7 Å². The van der Waals surface area contributed by atoms with Crippen LogP contribution in [0.5, 0.6) is 5.75 Å². The number of anilines is 1. The van der Waals surface area contributed by atoms with Crippen LogP contribution in [0.4, 0.5) is 10.5 Å². The zero-order valence-electron chi connectivity index (χ0n) is 11.6. The van der Waals surface area contributed by atoms with E-state index in [-0.39, 0.29) is 11.4 Å². The van der Waals surface area contributed by atoms with Gasteiger partial charge in [0.25, 0.3) is 0 Å². The molecular weight excluding hydrogens is 260 g/mol. The van der Waals surface area contributed by atoms with Crippen molar-refractivity contribution in [1.82, 2.24) is 14.8 Å². The summed E-state index contributed by atoms with van der Waals surface area (Å²) >= 11 is 0. The highest BCUT2D eigenvalue weighted by atomic mass is 16.7. The standard InChI is InChI=1S/C13H18N4O3/c1-3-4-5-6-17-12-9(7-15-17)10(14)11(8(2)16-12)20-13(18)19/h7H,3-6H2,1-2H3,(H2,14,16)(H,18,19). The molecule has 0 aromatic carbocycles. The Bertz CT molecular complexity index is 636. The lowest BCUT2D eigenvalue weighted by atomic mass is 10.2. The van der Waals surface area contributed by atoms with Crippen LogP contribution in [0.15, 0.2) is 6.20 Å². The first kappa shape index (κ1) is 14.1. The minimum absolute atomic E-state index is 0.0816. The topological polar surface area (TPSA) is 103 Å². The molecule has 0 saturated heterocycles. The Hall–Kier alpha value is -2.31. The van der Waals surface area contributed by atoms with Gasteiger partial charge in [-0.2, -0.15) is 5.10 Å². The monoisotopic (exact) mass is 278 g/mol. The number of pyridine rings is 1.